The number of nitrogens with one attached hydrogen (secondary N) is 1. The molecule has 1 unspecified atom stereocenters. The smallest absolute Gasteiger partial charge is 0.412 e. The molecule has 1 atom stereocenters. The number of benzene rings is 2. The number of anilines is 1. The number of carbonyl (C=O) groups excluding carboxylic acids is 2. The van der Waals surface area contributed by atoms with Gasteiger partial charge in [-0.3, -0.25) is 10.1 Å². The van der Waals surface area contributed by atoms with Crippen LogP contribution in [0.1, 0.15) is 78.6 Å². The van der Waals surface area contributed by atoms with Crippen molar-refractivity contribution in [2.24, 2.45) is 0 Å². The van der Waals surface area contributed by atoms with E-state index in [1.165, 1.54) is 38.5 Å². The van der Waals surface area contributed by atoms with Gasteiger partial charge in [0.1, 0.15) is 5.60 Å². The number of unbranched alkanes of at least 4 members (excludes halogenated alkanes) is 5. The van der Waals surface area contributed by atoms with Crippen molar-refractivity contribution < 1.29 is 14.3 Å². The van der Waals surface area contributed by atoms with E-state index < -0.39 is 5.60 Å². The third-order valence-electron chi connectivity index (χ3n) is 9.13. The number of ether oxygens (including phenoxy) is 1. The van der Waals surface area contributed by atoms with Crippen molar-refractivity contribution in [3.63, 3.8) is 0 Å². The molecule has 2 fully saturated rings. The maximum Gasteiger partial charge on any atom is 0.412 e. The molecule has 1 N–H and O–H groups in total. The summed E-state index contributed by atoms with van der Waals surface area (Å²) in [5.41, 5.74) is 2.40. The van der Waals surface area contributed by atoms with Crippen LogP contribution < -0.4 is 5.32 Å². The Hall–Kier alpha value is -2.90. The molecule has 2 aromatic rings. The third-order valence-corrected chi connectivity index (χ3v) is 9.13. The van der Waals surface area contributed by atoms with Crippen molar-refractivity contribution in [1.29, 1.82) is 0 Å². The van der Waals surface area contributed by atoms with Gasteiger partial charge in [0.2, 0.25) is 5.91 Å². The average Bonchev–Trinajstić information content (AvgIpc) is 3.44. The van der Waals surface area contributed by atoms with Crippen LogP contribution in [0.15, 0.2) is 54.6 Å². The fourth-order valence-electron chi connectivity index (χ4n) is 6.56. The van der Waals surface area contributed by atoms with Crippen molar-refractivity contribution in [2.75, 3.05) is 51.1 Å². The Balaban J connectivity index is 1.05. The molecular formula is C35H52N4O3. The van der Waals surface area contributed by atoms with Crippen LogP contribution >= 0.6 is 0 Å². The normalized spacial score (nSPS) is 19.0. The maximum atomic E-state index is 12.9. The van der Waals surface area contributed by atoms with E-state index in [9.17, 15) is 9.59 Å². The first-order valence-corrected chi connectivity index (χ1v) is 16.2. The summed E-state index contributed by atoms with van der Waals surface area (Å²) in [5, 5.41) is 2.99. The lowest BCUT2D eigenvalue weighted by molar-refractivity contribution is -0.130. The summed E-state index contributed by atoms with van der Waals surface area (Å²) >= 11 is 0. The summed E-state index contributed by atoms with van der Waals surface area (Å²) < 4.78 is 5.98. The average molecular weight is 577 g/mol. The van der Waals surface area contributed by atoms with Crippen molar-refractivity contribution >= 4 is 17.7 Å². The Kier molecular flexibility index (Phi) is 12.3. The van der Waals surface area contributed by atoms with Crippen LogP contribution in [0.25, 0.3) is 11.1 Å². The Labute approximate surface area is 253 Å². The fraction of sp³-hybridized carbons (Fsp3) is 0.600. The van der Waals surface area contributed by atoms with E-state index >= 15 is 0 Å². The lowest BCUT2D eigenvalue weighted by Crippen LogP contribution is -2.46. The monoisotopic (exact) mass is 576 g/mol. The Bertz CT molecular complexity index is 1120. The van der Waals surface area contributed by atoms with Crippen molar-refractivity contribution in [1.82, 2.24) is 14.7 Å². The minimum Gasteiger partial charge on any atom is -0.443 e. The standard InChI is InChI=1S/C35H52N4O3/c1-4-39(29(2)40)31-20-25-38(28-31)24-15-8-6-5-7-14-23-37-26-21-35(3,22-27-37)42-34(41)36-33-19-13-12-18-32(33)30-16-10-9-11-17-30/h9-13,16-19,31H,4-8,14-15,20-28H2,1-3H3,(H,36,41). The number of rotatable bonds is 14. The SMILES string of the molecule is CCN(C(C)=O)C1CCN(CCCCCCCCN2CCC(C)(OC(=O)Nc3ccccc3-c3ccccc3)CC2)C1. The molecule has 0 aliphatic carbocycles. The predicted molar refractivity (Wildman–Crippen MR) is 172 cm³/mol. The Morgan fingerprint density at radius 2 is 1.50 bits per heavy atom. The molecule has 2 aliphatic heterocycles. The number of likely N-dealkylation sites (tertiary alicyclic amines) is 2. The zero-order chi connectivity index (χ0) is 29.8. The van der Waals surface area contributed by atoms with Crippen molar-refractivity contribution in [2.45, 2.75) is 90.2 Å². The third kappa shape index (κ3) is 9.56. The number of amides is 2. The highest BCUT2D eigenvalue weighted by molar-refractivity contribution is 5.91. The van der Waals surface area contributed by atoms with E-state index in [4.69, 9.17) is 4.74 Å². The molecule has 0 aromatic heterocycles. The van der Waals surface area contributed by atoms with Gasteiger partial charge in [-0.15, -0.1) is 0 Å². The largest absolute Gasteiger partial charge is 0.443 e. The highest BCUT2D eigenvalue weighted by Gasteiger charge is 2.34. The van der Waals surface area contributed by atoms with Crippen LogP contribution in [0.3, 0.4) is 0 Å². The summed E-state index contributed by atoms with van der Waals surface area (Å²) in [4.78, 5) is 31.8. The molecule has 230 valence electrons. The summed E-state index contributed by atoms with van der Waals surface area (Å²) in [6.45, 7) is 13.1. The lowest BCUT2D eigenvalue weighted by atomic mass is 9.93. The molecule has 42 heavy (non-hydrogen) atoms. The molecule has 2 aliphatic rings. The first-order valence-electron chi connectivity index (χ1n) is 16.2. The quantitative estimate of drug-likeness (QED) is 0.244. The molecule has 7 heteroatoms. The molecule has 2 amide bonds. The van der Waals surface area contributed by atoms with Gasteiger partial charge in [0.05, 0.1) is 5.69 Å². The number of carbonyl (C=O) groups is 2. The first-order chi connectivity index (χ1) is 20.4. The van der Waals surface area contributed by atoms with E-state index in [0.717, 1.165) is 81.9 Å². The van der Waals surface area contributed by atoms with Crippen LogP contribution in [0.2, 0.25) is 0 Å². The molecular weight excluding hydrogens is 524 g/mol. The molecule has 7 nitrogen and oxygen atoms in total. The second kappa shape index (κ2) is 16.1. The second-order valence-corrected chi connectivity index (χ2v) is 12.4. The zero-order valence-corrected chi connectivity index (χ0v) is 26.2. The topological polar surface area (TPSA) is 65.1 Å². The minimum absolute atomic E-state index is 0.209. The van der Waals surface area contributed by atoms with Crippen molar-refractivity contribution in [3.8, 4) is 11.1 Å². The molecule has 2 heterocycles. The van der Waals surface area contributed by atoms with Gasteiger partial charge in [-0.1, -0.05) is 74.2 Å². The molecule has 0 bridgehead atoms. The molecule has 2 aromatic carbocycles. The molecule has 0 spiro atoms. The zero-order valence-electron chi connectivity index (χ0n) is 26.2. The van der Waals surface area contributed by atoms with Gasteiger partial charge >= 0.3 is 6.09 Å². The van der Waals surface area contributed by atoms with Gasteiger partial charge in [0, 0.05) is 51.3 Å². The van der Waals surface area contributed by atoms with Gasteiger partial charge in [0.15, 0.2) is 0 Å². The maximum absolute atomic E-state index is 12.9. The summed E-state index contributed by atoms with van der Waals surface area (Å²) in [5.74, 6) is 0.209. The molecule has 0 radical (unpaired) electrons. The highest BCUT2D eigenvalue weighted by Crippen LogP contribution is 2.30. The number of hydrogen-bond donors (Lipinski definition) is 1. The van der Waals surface area contributed by atoms with E-state index in [0.29, 0.717) is 6.04 Å². The number of hydrogen-bond acceptors (Lipinski definition) is 5. The second-order valence-electron chi connectivity index (χ2n) is 12.4. The minimum atomic E-state index is -0.432. The molecule has 4 rings (SSSR count). The van der Waals surface area contributed by atoms with Gasteiger partial charge in [-0.25, -0.2) is 4.79 Å². The van der Waals surface area contributed by atoms with E-state index in [-0.39, 0.29) is 12.0 Å². The fourth-order valence-corrected chi connectivity index (χ4v) is 6.56. The number of likely N-dealkylation sites (N-methyl/N-ethyl adjacent to an activating group) is 1. The van der Waals surface area contributed by atoms with Crippen LogP contribution in [-0.2, 0) is 9.53 Å². The summed E-state index contributed by atoms with van der Waals surface area (Å²) in [7, 11) is 0. The summed E-state index contributed by atoms with van der Waals surface area (Å²) in [6.07, 6.45) is 10.1. The van der Waals surface area contributed by atoms with Crippen LogP contribution in [0, 0.1) is 0 Å². The van der Waals surface area contributed by atoms with Gasteiger partial charge in [-0.05, 0) is 70.7 Å². The van der Waals surface area contributed by atoms with Crippen LogP contribution in [-0.4, -0.2) is 84.2 Å². The molecule has 0 saturated carbocycles. The van der Waals surface area contributed by atoms with Crippen molar-refractivity contribution in [3.05, 3.63) is 54.6 Å². The number of piperidine rings is 1. The number of para-hydroxylation sites is 1. The highest BCUT2D eigenvalue weighted by atomic mass is 16.6. The predicted octanol–water partition coefficient (Wildman–Crippen LogP) is 7.04. The summed E-state index contributed by atoms with van der Waals surface area (Å²) in [6, 6.07) is 18.4. The van der Waals surface area contributed by atoms with Crippen LogP contribution in [0.4, 0.5) is 10.5 Å². The van der Waals surface area contributed by atoms with E-state index in [1.807, 2.05) is 59.5 Å². The van der Waals surface area contributed by atoms with E-state index in [1.54, 1.807) is 6.92 Å². The Morgan fingerprint density at radius 1 is 0.881 bits per heavy atom. The Morgan fingerprint density at radius 3 is 2.17 bits per heavy atom. The lowest BCUT2D eigenvalue weighted by Gasteiger charge is -2.38. The van der Waals surface area contributed by atoms with Crippen LogP contribution in [0.5, 0.6) is 0 Å². The number of nitrogens with zero attached hydrogens (tertiary/aromatic N) is 3. The first kappa shape index (κ1) is 32.0. The van der Waals surface area contributed by atoms with Gasteiger partial charge in [0.25, 0.3) is 0 Å². The van der Waals surface area contributed by atoms with Gasteiger partial charge in [-0.2, -0.15) is 0 Å². The van der Waals surface area contributed by atoms with E-state index in [2.05, 4.69) is 29.0 Å². The molecule has 2 saturated heterocycles. The van der Waals surface area contributed by atoms with Gasteiger partial charge < -0.3 is 19.4 Å².